The number of nitrogens with zero attached hydrogens (tertiary/aromatic N) is 1. The van der Waals surface area contributed by atoms with Gasteiger partial charge in [0.05, 0.1) is 0 Å². The number of furan rings is 1. The molecule has 0 bridgehead atoms. The highest BCUT2D eigenvalue weighted by molar-refractivity contribution is 5.96. The number of fused-ring (bicyclic) bond motifs is 1. The van der Waals surface area contributed by atoms with Gasteiger partial charge in [-0.3, -0.25) is 4.90 Å². The molecule has 120 valence electrons. The third-order valence-electron chi connectivity index (χ3n) is 4.24. The zero-order valence-electron chi connectivity index (χ0n) is 14.1. The first-order chi connectivity index (χ1) is 10.4. The van der Waals surface area contributed by atoms with Crippen molar-refractivity contribution in [3.05, 3.63) is 34.6 Å². The van der Waals surface area contributed by atoms with E-state index in [1.807, 2.05) is 6.92 Å². The normalized spacial score (nSPS) is 11.8. The van der Waals surface area contributed by atoms with Crippen molar-refractivity contribution >= 4 is 16.9 Å². The standard InChI is InChI=1S/C18H25NO3/c1-6-19(7-2)10-13-8-14(11(3)4)17-15(9-13)12(5)16(22-17)18(20)21/h8-9,11H,6-7,10H2,1-5H3,(H,20,21). The Morgan fingerprint density at radius 1 is 1.27 bits per heavy atom. The van der Waals surface area contributed by atoms with Crippen LogP contribution < -0.4 is 0 Å². The predicted octanol–water partition coefficient (Wildman–Crippen LogP) is 4.40. The molecule has 1 heterocycles. The first kappa shape index (κ1) is 16.6. The highest BCUT2D eigenvalue weighted by Crippen LogP contribution is 2.33. The van der Waals surface area contributed by atoms with Crippen molar-refractivity contribution in [3.8, 4) is 0 Å². The van der Waals surface area contributed by atoms with Gasteiger partial charge in [0.15, 0.2) is 0 Å². The fourth-order valence-electron chi connectivity index (χ4n) is 2.84. The van der Waals surface area contributed by atoms with Crippen molar-refractivity contribution in [1.29, 1.82) is 0 Å². The van der Waals surface area contributed by atoms with Crippen LogP contribution in [0.1, 0.15) is 60.9 Å². The van der Waals surface area contributed by atoms with Gasteiger partial charge in [0.2, 0.25) is 5.76 Å². The average molecular weight is 303 g/mol. The molecule has 1 N–H and O–H groups in total. The molecule has 4 heteroatoms. The second-order valence-corrected chi connectivity index (χ2v) is 6.04. The fraction of sp³-hybridized carbons (Fsp3) is 0.500. The molecule has 1 aromatic heterocycles. The van der Waals surface area contributed by atoms with E-state index < -0.39 is 5.97 Å². The van der Waals surface area contributed by atoms with Crippen LogP contribution in [0.2, 0.25) is 0 Å². The number of aromatic carboxylic acids is 1. The molecule has 22 heavy (non-hydrogen) atoms. The first-order valence-corrected chi connectivity index (χ1v) is 7.90. The average Bonchev–Trinajstić information content (AvgIpc) is 2.81. The van der Waals surface area contributed by atoms with E-state index in [0.29, 0.717) is 11.1 Å². The molecule has 0 radical (unpaired) electrons. The third-order valence-corrected chi connectivity index (χ3v) is 4.24. The quantitative estimate of drug-likeness (QED) is 0.859. The number of benzene rings is 1. The summed E-state index contributed by atoms with van der Waals surface area (Å²) in [5.74, 6) is -0.670. The Kier molecular flexibility index (Phi) is 4.91. The van der Waals surface area contributed by atoms with Crippen LogP contribution in [0.3, 0.4) is 0 Å². The van der Waals surface area contributed by atoms with E-state index in [-0.39, 0.29) is 11.7 Å². The van der Waals surface area contributed by atoms with E-state index in [2.05, 4.69) is 44.7 Å². The van der Waals surface area contributed by atoms with Gasteiger partial charge in [0, 0.05) is 17.5 Å². The predicted molar refractivity (Wildman–Crippen MR) is 88.6 cm³/mol. The lowest BCUT2D eigenvalue weighted by atomic mass is 9.96. The van der Waals surface area contributed by atoms with Crippen molar-refractivity contribution in [3.63, 3.8) is 0 Å². The molecule has 0 aliphatic rings. The SMILES string of the molecule is CCN(CC)Cc1cc(C(C)C)c2oc(C(=O)O)c(C)c2c1. The maximum atomic E-state index is 11.3. The van der Waals surface area contributed by atoms with Gasteiger partial charge in [-0.1, -0.05) is 33.8 Å². The molecule has 4 nitrogen and oxygen atoms in total. The van der Waals surface area contributed by atoms with Gasteiger partial charge < -0.3 is 9.52 Å². The molecule has 0 aliphatic carbocycles. The number of carboxylic acid groups (broad SMARTS) is 1. The molecular weight excluding hydrogens is 278 g/mol. The highest BCUT2D eigenvalue weighted by atomic mass is 16.4. The van der Waals surface area contributed by atoms with Crippen molar-refractivity contribution in [2.75, 3.05) is 13.1 Å². The number of rotatable bonds is 6. The summed E-state index contributed by atoms with van der Waals surface area (Å²) in [7, 11) is 0. The van der Waals surface area contributed by atoms with Crippen LogP contribution in [-0.2, 0) is 6.54 Å². The number of hydrogen-bond donors (Lipinski definition) is 1. The van der Waals surface area contributed by atoms with E-state index in [4.69, 9.17) is 4.42 Å². The van der Waals surface area contributed by atoms with E-state index in [1.165, 1.54) is 5.56 Å². The summed E-state index contributed by atoms with van der Waals surface area (Å²) in [6.07, 6.45) is 0. The van der Waals surface area contributed by atoms with Crippen LogP contribution >= 0.6 is 0 Å². The highest BCUT2D eigenvalue weighted by Gasteiger charge is 2.20. The molecule has 0 fully saturated rings. The molecule has 2 rings (SSSR count). The minimum atomic E-state index is -1.01. The molecule has 0 amide bonds. The minimum absolute atomic E-state index is 0.0527. The van der Waals surface area contributed by atoms with Crippen LogP contribution in [-0.4, -0.2) is 29.1 Å². The monoisotopic (exact) mass is 303 g/mol. The molecule has 0 saturated carbocycles. The Bertz CT molecular complexity index is 681. The van der Waals surface area contributed by atoms with Crippen molar-refractivity contribution in [1.82, 2.24) is 4.90 Å². The fourth-order valence-corrected chi connectivity index (χ4v) is 2.84. The molecule has 0 aliphatic heterocycles. The third kappa shape index (κ3) is 3.02. The molecule has 1 aromatic carbocycles. The largest absolute Gasteiger partial charge is 0.475 e. The van der Waals surface area contributed by atoms with Crippen LogP contribution in [0.25, 0.3) is 11.0 Å². The van der Waals surface area contributed by atoms with Crippen molar-refractivity contribution < 1.29 is 14.3 Å². The Morgan fingerprint density at radius 3 is 2.41 bits per heavy atom. The van der Waals surface area contributed by atoms with Crippen LogP contribution in [0, 0.1) is 6.92 Å². The van der Waals surface area contributed by atoms with Crippen molar-refractivity contribution in [2.24, 2.45) is 0 Å². The molecule has 0 spiro atoms. The molecule has 0 atom stereocenters. The second-order valence-electron chi connectivity index (χ2n) is 6.04. The summed E-state index contributed by atoms with van der Waals surface area (Å²) in [5.41, 5.74) is 3.72. The summed E-state index contributed by atoms with van der Waals surface area (Å²) < 4.78 is 5.65. The number of aryl methyl sites for hydroxylation is 1. The maximum absolute atomic E-state index is 11.3. The Hall–Kier alpha value is -1.81. The summed E-state index contributed by atoms with van der Waals surface area (Å²) in [6.45, 7) is 13.2. The zero-order chi connectivity index (χ0) is 16.4. The van der Waals surface area contributed by atoms with Gasteiger partial charge in [-0.2, -0.15) is 0 Å². The van der Waals surface area contributed by atoms with Gasteiger partial charge in [-0.25, -0.2) is 4.79 Å². The van der Waals surface area contributed by atoms with Crippen LogP contribution in [0.15, 0.2) is 16.5 Å². The van der Waals surface area contributed by atoms with E-state index in [1.54, 1.807) is 0 Å². The summed E-state index contributed by atoms with van der Waals surface area (Å²) in [6, 6.07) is 4.23. The van der Waals surface area contributed by atoms with Gasteiger partial charge in [-0.15, -0.1) is 0 Å². The maximum Gasteiger partial charge on any atom is 0.372 e. The second kappa shape index (κ2) is 6.53. The lowest BCUT2D eigenvalue weighted by molar-refractivity contribution is 0.0664. The topological polar surface area (TPSA) is 53.7 Å². The van der Waals surface area contributed by atoms with E-state index in [9.17, 15) is 9.90 Å². The Morgan fingerprint density at radius 2 is 1.91 bits per heavy atom. The molecular formula is C18H25NO3. The minimum Gasteiger partial charge on any atom is -0.475 e. The Labute approximate surface area is 131 Å². The Balaban J connectivity index is 2.61. The smallest absolute Gasteiger partial charge is 0.372 e. The van der Waals surface area contributed by atoms with E-state index >= 15 is 0 Å². The molecule has 2 aromatic rings. The number of hydrogen-bond acceptors (Lipinski definition) is 3. The first-order valence-electron chi connectivity index (χ1n) is 7.90. The summed E-state index contributed by atoms with van der Waals surface area (Å²) in [4.78, 5) is 13.7. The van der Waals surface area contributed by atoms with Gasteiger partial charge >= 0.3 is 5.97 Å². The summed E-state index contributed by atoms with van der Waals surface area (Å²) >= 11 is 0. The van der Waals surface area contributed by atoms with Crippen LogP contribution in [0.4, 0.5) is 0 Å². The van der Waals surface area contributed by atoms with Gasteiger partial charge in [-0.05, 0) is 43.1 Å². The van der Waals surface area contributed by atoms with Crippen molar-refractivity contribution in [2.45, 2.75) is 47.1 Å². The molecule has 0 unspecified atom stereocenters. The van der Waals surface area contributed by atoms with Crippen LogP contribution in [0.5, 0.6) is 0 Å². The number of carboxylic acids is 1. The number of carbonyl (C=O) groups is 1. The zero-order valence-corrected chi connectivity index (χ0v) is 14.1. The lowest BCUT2D eigenvalue weighted by Gasteiger charge is -2.19. The van der Waals surface area contributed by atoms with Gasteiger partial charge in [0.25, 0.3) is 0 Å². The lowest BCUT2D eigenvalue weighted by Crippen LogP contribution is -2.22. The van der Waals surface area contributed by atoms with E-state index in [0.717, 1.165) is 30.6 Å². The summed E-state index contributed by atoms with van der Waals surface area (Å²) in [5, 5.41) is 10.2. The van der Waals surface area contributed by atoms with Gasteiger partial charge in [0.1, 0.15) is 5.58 Å². The molecule has 0 saturated heterocycles.